The monoisotopic (exact) mass is 320 g/mol. The van der Waals surface area contributed by atoms with E-state index in [1.165, 1.54) is 0 Å². The third kappa shape index (κ3) is 6.82. The number of ether oxygens (including phenoxy) is 2. The Morgan fingerprint density at radius 3 is 2.57 bits per heavy atom. The first-order valence-corrected chi connectivity index (χ1v) is 8.20. The van der Waals surface area contributed by atoms with Crippen LogP contribution in [0.5, 0.6) is 0 Å². The summed E-state index contributed by atoms with van der Waals surface area (Å²) in [5.41, 5.74) is 1.14. The van der Waals surface area contributed by atoms with Gasteiger partial charge >= 0.3 is 11.9 Å². The Balaban J connectivity index is 1.68. The first-order valence-electron chi connectivity index (χ1n) is 8.20. The third-order valence-corrected chi connectivity index (χ3v) is 3.98. The smallest absolute Gasteiger partial charge is 0.306 e. The maximum Gasteiger partial charge on any atom is 0.306 e. The predicted molar refractivity (Wildman–Crippen MR) is 84.9 cm³/mol. The van der Waals surface area contributed by atoms with E-state index in [9.17, 15) is 9.59 Å². The lowest BCUT2D eigenvalue weighted by Gasteiger charge is -2.29. The van der Waals surface area contributed by atoms with Crippen LogP contribution in [-0.2, 0) is 25.7 Å². The number of hydrogen-bond donors (Lipinski definition) is 1. The number of esters is 1. The molecule has 2 rings (SSSR count). The molecule has 0 aromatic heterocycles. The average molecular weight is 320 g/mol. The molecule has 0 spiro atoms. The Hall–Kier alpha value is -1.88. The molecule has 0 radical (unpaired) electrons. The van der Waals surface area contributed by atoms with E-state index in [1.807, 2.05) is 30.3 Å². The Morgan fingerprint density at radius 2 is 1.83 bits per heavy atom. The van der Waals surface area contributed by atoms with Crippen LogP contribution in [0.25, 0.3) is 0 Å². The number of carboxylic acid groups (broad SMARTS) is 1. The van der Waals surface area contributed by atoms with Gasteiger partial charge < -0.3 is 14.6 Å². The highest BCUT2D eigenvalue weighted by Crippen LogP contribution is 2.25. The van der Waals surface area contributed by atoms with Crippen LogP contribution in [0.1, 0.15) is 50.5 Å². The van der Waals surface area contributed by atoms with Crippen molar-refractivity contribution in [2.75, 3.05) is 0 Å². The van der Waals surface area contributed by atoms with Gasteiger partial charge in [0, 0.05) is 19.3 Å². The molecule has 2 atom stereocenters. The van der Waals surface area contributed by atoms with E-state index in [1.54, 1.807) is 0 Å². The van der Waals surface area contributed by atoms with Gasteiger partial charge in [0.15, 0.2) is 0 Å². The van der Waals surface area contributed by atoms with Crippen LogP contribution in [0.3, 0.4) is 0 Å². The van der Waals surface area contributed by atoms with Crippen molar-refractivity contribution in [2.45, 2.75) is 63.8 Å². The minimum absolute atomic E-state index is 0.00256. The summed E-state index contributed by atoms with van der Waals surface area (Å²) >= 11 is 0. The quantitative estimate of drug-likeness (QED) is 0.744. The first kappa shape index (κ1) is 17.5. The number of carbonyl (C=O) groups is 2. The van der Waals surface area contributed by atoms with Crippen LogP contribution in [0, 0.1) is 0 Å². The number of aliphatic carboxylic acids is 1. The summed E-state index contributed by atoms with van der Waals surface area (Å²) < 4.78 is 11.4. The Labute approximate surface area is 136 Å². The molecule has 126 valence electrons. The second-order valence-corrected chi connectivity index (χ2v) is 5.94. The largest absolute Gasteiger partial charge is 0.481 e. The molecule has 23 heavy (non-hydrogen) atoms. The molecule has 0 heterocycles. The van der Waals surface area contributed by atoms with Crippen LogP contribution in [0.4, 0.5) is 0 Å². The van der Waals surface area contributed by atoms with Crippen molar-refractivity contribution in [3.63, 3.8) is 0 Å². The summed E-state index contributed by atoms with van der Waals surface area (Å²) in [6, 6.07) is 10.0. The molecule has 1 fully saturated rings. The summed E-state index contributed by atoms with van der Waals surface area (Å²) in [5.74, 6) is -1.19. The molecule has 0 saturated heterocycles. The van der Waals surface area contributed by atoms with Gasteiger partial charge in [-0.05, 0) is 31.2 Å². The fraction of sp³-hybridized carbons (Fsp3) is 0.556. The van der Waals surface area contributed by atoms with E-state index in [2.05, 4.69) is 0 Å². The molecule has 0 aliphatic heterocycles. The van der Waals surface area contributed by atoms with Gasteiger partial charge in [0.25, 0.3) is 0 Å². The van der Waals surface area contributed by atoms with Crippen LogP contribution >= 0.6 is 0 Å². The van der Waals surface area contributed by atoms with Crippen molar-refractivity contribution < 1.29 is 24.2 Å². The fourth-order valence-corrected chi connectivity index (χ4v) is 2.78. The Kier molecular flexibility index (Phi) is 7.07. The van der Waals surface area contributed by atoms with E-state index in [0.717, 1.165) is 31.2 Å². The van der Waals surface area contributed by atoms with Gasteiger partial charge in [0.2, 0.25) is 0 Å². The van der Waals surface area contributed by atoms with Crippen molar-refractivity contribution in [3.8, 4) is 0 Å². The minimum atomic E-state index is -0.884. The molecule has 1 aromatic carbocycles. The second-order valence-electron chi connectivity index (χ2n) is 5.94. The summed E-state index contributed by atoms with van der Waals surface area (Å²) in [7, 11) is 0. The van der Waals surface area contributed by atoms with Gasteiger partial charge in [-0.1, -0.05) is 30.3 Å². The molecule has 1 aliphatic carbocycles. The standard InChI is InChI=1S/C18H24O5/c19-17(20)10-5-11-18(21)23-16-9-4-8-15(12-16)22-13-14-6-2-1-3-7-14/h1-3,6-7,15-16H,4-5,8-13H2,(H,19,20)/t15-,16+/m1/s1. The first-order chi connectivity index (χ1) is 11.1. The molecule has 0 unspecified atom stereocenters. The Morgan fingerprint density at radius 1 is 1.09 bits per heavy atom. The summed E-state index contributed by atoms with van der Waals surface area (Å²) in [5, 5.41) is 8.57. The summed E-state index contributed by atoms with van der Waals surface area (Å²) in [6.45, 7) is 0.574. The molecule has 1 aliphatic rings. The number of carboxylic acids is 1. The van der Waals surface area contributed by atoms with Crippen molar-refractivity contribution in [3.05, 3.63) is 35.9 Å². The van der Waals surface area contributed by atoms with E-state index in [4.69, 9.17) is 14.6 Å². The van der Waals surface area contributed by atoms with E-state index in [0.29, 0.717) is 13.0 Å². The molecule has 1 saturated carbocycles. The SMILES string of the molecule is O=C(O)CCCC(=O)O[C@H]1CCC[C@@H](OCc2ccccc2)C1. The van der Waals surface area contributed by atoms with Crippen molar-refractivity contribution in [1.82, 2.24) is 0 Å². The van der Waals surface area contributed by atoms with Gasteiger partial charge in [0.1, 0.15) is 6.10 Å². The average Bonchev–Trinajstić information content (AvgIpc) is 2.54. The zero-order valence-corrected chi connectivity index (χ0v) is 13.3. The zero-order valence-electron chi connectivity index (χ0n) is 13.3. The molecular formula is C18H24O5. The normalized spacial score (nSPS) is 20.9. The number of hydrogen-bond acceptors (Lipinski definition) is 4. The van der Waals surface area contributed by atoms with Crippen molar-refractivity contribution in [1.29, 1.82) is 0 Å². The molecule has 1 N–H and O–H groups in total. The van der Waals surface area contributed by atoms with Crippen LogP contribution in [0.2, 0.25) is 0 Å². The van der Waals surface area contributed by atoms with Crippen LogP contribution < -0.4 is 0 Å². The molecule has 0 bridgehead atoms. The van der Waals surface area contributed by atoms with Gasteiger partial charge in [-0.2, -0.15) is 0 Å². The number of carbonyl (C=O) groups excluding carboxylic acids is 1. The predicted octanol–water partition coefficient (Wildman–Crippen LogP) is 3.31. The maximum absolute atomic E-state index is 11.7. The Bertz CT molecular complexity index is 499. The highest BCUT2D eigenvalue weighted by Gasteiger charge is 2.25. The fourth-order valence-electron chi connectivity index (χ4n) is 2.78. The van der Waals surface area contributed by atoms with E-state index in [-0.39, 0.29) is 31.0 Å². The lowest BCUT2D eigenvalue weighted by molar-refractivity contribution is -0.153. The van der Waals surface area contributed by atoms with Crippen LogP contribution in [-0.4, -0.2) is 29.3 Å². The molecule has 5 nitrogen and oxygen atoms in total. The summed E-state index contributed by atoms with van der Waals surface area (Å²) in [4.78, 5) is 22.2. The van der Waals surface area contributed by atoms with Gasteiger partial charge in [0.05, 0.1) is 12.7 Å². The third-order valence-electron chi connectivity index (χ3n) is 3.98. The van der Waals surface area contributed by atoms with Gasteiger partial charge in [-0.25, -0.2) is 0 Å². The lowest BCUT2D eigenvalue weighted by atomic mass is 9.94. The summed E-state index contributed by atoms with van der Waals surface area (Å²) in [6.07, 6.45) is 4.04. The van der Waals surface area contributed by atoms with E-state index >= 15 is 0 Å². The topological polar surface area (TPSA) is 72.8 Å². The highest BCUT2D eigenvalue weighted by atomic mass is 16.5. The second kappa shape index (κ2) is 9.30. The lowest BCUT2D eigenvalue weighted by Crippen LogP contribution is -2.30. The van der Waals surface area contributed by atoms with E-state index < -0.39 is 5.97 Å². The number of benzene rings is 1. The van der Waals surface area contributed by atoms with Gasteiger partial charge in [-0.3, -0.25) is 9.59 Å². The van der Waals surface area contributed by atoms with Gasteiger partial charge in [-0.15, -0.1) is 0 Å². The van der Waals surface area contributed by atoms with Crippen LogP contribution in [0.15, 0.2) is 30.3 Å². The molecular weight excluding hydrogens is 296 g/mol. The molecule has 5 heteroatoms. The molecule has 0 amide bonds. The molecule has 1 aromatic rings. The maximum atomic E-state index is 11.7. The zero-order chi connectivity index (χ0) is 16.5. The number of rotatable bonds is 8. The van der Waals surface area contributed by atoms with Crippen molar-refractivity contribution in [2.24, 2.45) is 0 Å². The minimum Gasteiger partial charge on any atom is -0.481 e. The highest BCUT2D eigenvalue weighted by molar-refractivity contribution is 5.71. The van der Waals surface area contributed by atoms with Crippen molar-refractivity contribution >= 4 is 11.9 Å².